The summed E-state index contributed by atoms with van der Waals surface area (Å²) in [5.41, 5.74) is 4.53. The molecule has 3 aromatic carbocycles. The van der Waals surface area contributed by atoms with Gasteiger partial charge in [0.05, 0.1) is 18.7 Å². The molecule has 162 valence electrons. The summed E-state index contributed by atoms with van der Waals surface area (Å²) in [6.45, 7) is 2.37. The van der Waals surface area contributed by atoms with E-state index in [1.165, 1.54) is 17.5 Å². The van der Waals surface area contributed by atoms with Crippen LogP contribution in [0.2, 0.25) is 0 Å². The highest BCUT2D eigenvalue weighted by molar-refractivity contribution is 6.10. The quantitative estimate of drug-likeness (QED) is 0.593. The van der Waals surface area contributed by atoms with Crippen molar-refractivity contribution >= 4 is 17.4 Å². The van der Waals surface area contributed by atoms with Gasteiger partial charge in [-0.05, 0) is 61.4 Å². The molecule has 4 nitrogen and oxygen atoms in total. The Morgan fingerprint density at radius 3 is 2.47 bits per heavy atom. The number of benzene rings is 3. The van der Waals surface area contributed by atoms with Crippen LogP contribution in [0.15, 0.2) is 66.7 Å². The first-order valence-corrected chi connectivity index (χ1v) is 11.3. The van der Waals surface area contributed by atoms with Gasteiger partial charge < -0.3 is 10.0 Å². The number of fused-ring (bicyclic) bond motifs is 2. The number of aryl methyl sites for hydroxylation is 3. The summed E-state index contributed by atoms with van der Waals surface area (Å²) in [4.78, 5) is 28.3. The van der Waals surface area contributed by atoms with Crippen LogP contribution < -0.4 is 4.90 Å². The number of anilines is 1. The molecule has 1 N–H and O–H groups in total. The average molecular weight is 426 g/mol. The van der Waals surface area contributed by atoms with Crippen molar-refractivity contribution < 1.29 is 14.7 Å². The minimum absolute atomic E-state index is 0.207. The number of para-hydroxylation sites is 1. The van der Waals surface area contributed by atoms with Gasteiger partial charge in [-0.3, -0.25) is 9.59 Å². The van der Waals surface area contributed by atoms with Crippen LogP contribution >= 0.6 is 0 Å². The van der Waals surface area contributed by atoms with E-state index in [-0.39, 0.29) is 12.2 Å². The zero-order chi connectivity index (χ0) is 22.3. The van der Waals surface area contributed by atoms with Gasteiger partial charge in [0.15, 0.2) is 11.4 Å². The Balaban J connectivity index is 1.44. The molecule has 1 aliphatic heterocycles. The predicted molar refractivity (Wildman–Crippen MR) is 125 cm³/mol. The first-order valence-electron chi connectivity index (χ1n) is 11.3. The maximum Gasteiger partial charge on any atom is 0.264 e. The third kappa shape index (κ3) is 3.55. The molecule has 4 heteroatoms. The number of nitrogens with zero attached hydrogens (tertiary/aromatic N) is 1. The van der Waals surface area contributed by atoms with E-state index in [0.717, 1.165) is 30.4 Å². The fourth-order valence-corrected chi connectivity index (χ4v) is 4.95. The van der Waals surface area contributed by atoms with Crippen LogP contribution in [0.3, 0.4) is 0 Å². The minimum atomic E-state index is -1.85. The number of hydrogen-bond acceptors (Lipinski definition) is 3. The first kappa shape index (κ1) is 20.7. The van der Waals surface area contributed by atoms with Crippen molar-refractivity contribution in [3.05, 3.63) is 100 Å². The lowest BCUT2D eigenvalue weighted by Crippen LogP contribution is -2.41. The molecule has 0 saturated heterocycles. The number of Topliss-reactive ketones (excluding diaryl/α,β-unsaturated/α-hetero) is 1. The van der Waals surface area contributed by atoms with Gasteiger partial charge in [0.25, 0.3) is 5.91 Å². The average Bonchev–Trinajstić information content (AvgIpc) is 3.02. The van der Waals surface area contributed by atoms with Gasteiger partial charge in [0.1, 0.15) is 0 Å². The van der Waals surface area contributed by atoms with Crippen LogP contribution in [-0.2, 0) is 29.8 Å². The van der Waals surface area contributed by atoms with E-state index < -0.39 is 11.5 Å². The molecule has 0 bridgehead atoms. The summed E-state index contributed by atoms with van der Waals surface area (Å²) in [6.07, 6.45) is 4.09. The number of carbonyl (C=O) groups is 2. The molecule has 1 atom stereocenters. The lowest BCUT2D eigenvalue weighted by atomic mass is 9.85. The Kier molecular flexibility index (Phi) is 5.18. The van der Waals surface area contributed by atoms with E-state index in [4.69, 9.17) is 0 Å². The molecule has 0 spiro atoms. The Labute approximate surface area is 188 Å². The Bertz CT molecular complexity index is 1200. The van der Waals surface area contributed by atoms with Crippen molar-refractivity contribution in [3.8, 4) is 0 Å². The summed E-state index contributed by atoms with van der Waals surface area (Å²) in [6, 6.07) is 21.1. The maximum atomic E-state index is 13.5. The van der Waals surface area contributed by atoms with Crippen molar-refractivity contribution in [3.63, 3.8) is 0 Å². The third-order valence-electron chi connectivity index (χ3n) is 6.79. The van der Waals surface area contributed by atoms with E-state index in [2.05, 4.69) is 0 Å². The van der Waals surface area contributed by atoms with E-state index in [0.29, 0.717) is 23.4 Å². The monoisotopic (exact) mass is 425 g/mol. The second-order valence-corrected chi connectivity index (χ2v) is 9.04. The van der Waals surface area contributed by atoms with Gasteiger partial charge in [-0.1, -0.05) is 60.2 Å². The van der Waals surface area contributed by atoms with Crippen LogP contribution in [0.4, 0.5) is 5.69 Å². The van der Waals surface area contributed by atoms with Crippen LogP contribution in [0, 0.1) is 6.92 Å². The molecule has 1 aliphatic carbocycles. The predicted octanol–water partition coefficient (Wildman–Crippen LogP) is 4.88. The number of amides is 1. The molecule has 1 heterocycles. The number of aliphatic hydroxyl groups is 1. The van der Waals surface area contributed by atoms with Crippen molar-refractivity contribution in [2.75, 3.05) is 4.90 Å². The second kappa shape index (κ2) is 8.03. The lowest BCUT2D eigenvalue weighted by molar-refractivity contribution is -0.136. The largest absolute Gasteiger partial charge is 0.375 e. The molecule has 0 saturated carbocycles. The van der Waals surface area contributed by atoms with E-state index in [9.17, 15) is 14.7 Å². The summed E-state index contributed by atoms with van der Waals surface area (Å²) in [7, 11) is 0. The molecular weight excluding hydrogens is 398 g/mol. The van der Waals surface area contributed by atoms with Gasteiger partial charge >= 0.3 is 0 Å². The minimum Gasteiger partial charge on any atom is -0.375 e. The zero-order valence-corrected chi connectivity index (χ0v) is 18.3. The molecule has 32 heavy (non-hydrogen) atoms. The Morgan fingerprint density at radius 1 is 0.969 bits per heavy atom. The van der Waals surface area contributed by atoms with Crippen molar-refractivity contribution in [2.24, 2.45) is 0 Å². The van der Waals surface area contributed by atoms with E-state index >= 15 is 0 Å². The van der Waals surface area contributed by atoms with Gasteiger partial charge in [-0.2, -0.15) is 0 Å². The van der Waals surface area contributed by atoms with Crippen LogP contribution in [0.25, 0.3) is 0 Å². The Hall–Kier alpha value is -3.24. The summed E-state index contributed by atoms with van der Waals surface area (Å²) < 4.78 is 0. The van der Waals surface area contributed by atoms with E-state index in [1.54, 1.807) is 17.0 Å². The molecular formula is C28H27NO3. The maximum absolute atomic E-state index is 13.5. The highest BCUT2D eigenvalue weighted by Crippen LogP contribution is 2.43. The van der Waals surface area contributed by atoms with Crippen LogP contribution in [-0.4, -0.2) is 16.8 Å². The molecule has 3 aromatic rings. The normalized spacial score (nSPS) is 19.6. The molecule has 0 fully saturated rings. The van der Waals surface area contributed by atoms with Gasteiger partial charge in [-0.15, -0.1) is 0 Å². The van der Waals surface area contributed by atoms with Crippen LogP contribution in [0.1, 0.15) is 57.4 Å². The van der Waals surface area contributed by atoms with Crippen LogP contribution in [0.5, 0.6) is 0 Å². The third-order valence-corrected chi connectivity index (χ3v) is 6.79. The fourth-order valence-electron chi connectivity index (χ4n) is 4.95. The summed E-state index contributed by atoms with van der Waals surface area (Å²) >= 11 is 0. The molecule has 0 unspecified atom stereocenters. The number of carbonyl (C=O) groups excluding carboxylic acids is 2. The fraction of sp³-hybridized carbons (Fsp3) is 0.286. The standard InChI is InChI=1S/C28H27NO3/c1-19-10-12-20(13-11-19)18-29-25-9-5-4-8-24(25)28(32,27(29)31)17-26(30)23-15-14-21-6-2-3-7-22(21)16-23/h4-5,8-16,32H,2-3,6-7,17-18H2,1H3/t28-/m0/s1. The molecule has 1 amide bonds. The van der Waals surface area contributed by atoms with Gasteiger partial charge in [0, 0.05) is 11.1 Å². The Morgan fingerprint density at radius 2 is 1.69 bits per heavy atom. The number of rotatable bonds is 5. The molecule has 2 aliphatic rings. The first-order chi connectivity index (χ1) is 15.5. The highest BCUT2D eigenvalue weighted by atomic mass is 16.3. The van der Waals surface area contributed by atoms with Gasteiger partial charge in [-0.25, -0.2) is 0 Å². The van der Waals surface area contributed by atoms with Crippen molar-refractivity contribution in [1.82, 2.24) is 0 Å². The number of hydrogen-bond donors (Lipinski definition) is 1. The SMILES string of the molecule is Cc1ccc(CN2C(=O)[C@](O)(CC(=O)c3ccc4c(c3)CCCC4)c3ccccc32)cc1. The second-order valence-electron chi connectivity index (χ2n) is 9.04. The topological polar surface area (TPSA) is 57.6 Å². The molecule has 0 aromatic heterocycles. The lowest BCUT2D eigenvalue weighted by Gasteiger charge is -2.23. The summed E-state index contributed by atoms with van der Waals surface area (Å²) in [5, 5.41) is 11.6. The highest BCUT2D eigenvalue weighted by Gasteiger charge is 2.50. The zero-order valence-electron chi connectivity index (χ0n) is 18.3. The smallest absolute Gasteiger partial charge is 0.264 e. The number of ketones is 1. The van der Waals surface area contributed by atoms with Crippen molar-refractivity contribution in [2.45, 2.75) is 51.2 Å². The summed E-state index contributed by atoms with van der Waals surface area (Å²) in [5.74, 6) is -0.646. The van der Waals surface area contributed by atoms with Gasteiger partial charge in [0.2, 0.25) is 0 Å². The molecule has 0 radical (unpaired) electrons. The van der Waals surface area contributed by atoms with Crippen molar-refractivity contribution in [1.29, 1.82) is 0 Å². The molecule has 5 rings (SSSR count). The van der Waals surface area contributed by atoms with E-state index in [1.807, 2.05) is 61.5 Å².